The molecule has 1 N–H and O–H groups in total. The number of nitrogens with one attached hydrogen (secondary N) is 1. The molecule has 2 atom stereocenters. The summed E-state index contributed by atoms with van der Waals surface area (Å²) in [7, 11) is 1.64. The van der Waals surface area contributed by atoms with Crippen molar-refractivity contribution in [2.75, 3.05) is 20.3 Å². The van der Waals surface area contributed by atoms with E-state index in [1.165, 1.54) is 35.9 Å². The Morgan fingerprint density at radius 3 is 2.79 bits per heavy atom. The summed E-state index contributed by atoms with van der Waals surface area (Å²) in [5, 5.41) is 0. The van der Waals surface area contributed by atoms with Gasteiger partial charge in [-0.3, -0.25) is 4.79 Å². The highest BCUT2D eigenvalue weighted by atomic mass is 32.2. The molecule has 2 aliphatic rings. The summed E-state index contributed by atoms with van der Waals surface area (Å²) in [5.41, 5.74) is 0.981. The molecule has 2 aliphatic heterocycles. The molecule has 2 saturated heterocycles. The zero-order valence-corrected chi connectivity index (χ0v) is 15.7. The van der Waals surface area contributed by atoms with Gasteiger partial charge in [0.15, 0.2) is 11.0 Å². The molecule has 2 fully saturated rings. The number of carbonyl (C=O) groups is 1. The molecule has 0 bridgehead atoms. The average Bonchev–Trinajstić information content (AvgIpc) is 2.85. The first-order chi connectivity index (χ1) is 11.6. The number of thioether (sulfide) groups is 1. The average molecular weight is 364 g/mol. The fraction of sp³-hybridized carbons (Fsp3) is 0.444. The number of quaternary nitrogens is 1. The van der Waals surface area contributed by atoms with Gasteiger partial charge in [-0.25, -0.2) is 4.90 Å². The number of hydrogen-bond acceptors (Lipinski definition) is 4. The van der Waals surface area contributed by atoms with Gasteiger partial charge in [-0.15, -0.1) is 0 Å². The molecule has 1 aromatic rings. The van der Waals surface area contributed by atoms with E-state index < -0.39 is 0 Å². The number of benzene rings is 1. The minimum atomic E-state index is 0.0334. The molecule has 1 amide bonds. The van der Waals surface area contributed by atoms with Crippen LogP contribution in [0.1, 0.15) is 31.7 Å². The summed E-state index contributed by atoms with van der Waals surface area (Å²) in [6.45, 7) is 4.07. The maximum Gasteiger partial charge on any atom is 0.270 e. The second-order valence-corrected chi connectivity index (χ2v) is 8.02. The van der Waals surface area contributed by atoms with Gasteiger partial charge in [0, 0.05) is 0 Å². The summed E-state index contributed by atoms with van der Waals surface area (Å²) in [4.78, 5) is 16.7. The van der Waals surface area contributed by atoms with Crippen LogP contribution < -0.4 is 9.64 Å². The van der Waals surface area contributed by atoms with E-state index >= 15 is 0 Å². The molecule has 2 heterocycles. The van der Waals surface area contributed by atoms with Crippen LogP contribution in [0.5, 0.6) is 5.75 Å². The van der Waals surface area contributed by atoms with Gasteiger partial charge in [-0.1, -0.05) is 36.1 Å². The number of carbonyl (C=O) groups excluding carboxylic acids is 1. The Kier molecular flexibility index (Phi) is 5.58. The molecule has 0 radical (unpaired) electrons. The molecule has 1 unspecified atom stereocenters. The van der Waals surface area contributed by atoms with Crippen LogP contribution in [0.25, 0.3) is 6.08 Å². The lowest BCUT2D eigenvalue weighted by Crippen LogP contribution is -3.17. The second-order valence-electron chi connectivity index (χ2n) is 6.35. The number of piperidine rings is 1. The fourth-order valence-corrected chi connectivity index (χ4v) is 4.43. The lowest BCUT2D eigenvalue weighted by Gasteiger charge is -2.32. The zero-order chi connectivity index (χ0) is 17.1. The molecule has 0 aromatic heterocycles. The van der Waals surface area contributed by atoms with Crippen molar-refractivity contribution in [1.29, 1.82) is 0 Å². The van der Waals surface area contributed by atoms with Crippen molar-refractivity contribution in [3.63, 3.8) is 0 Å². The predicted octanol–water partition coefficient (Wildman–Crippen LogP) is 2.31. The number of methoxy groups -OCH3 is 1. The molecular weight excluding hydrogens is 340 g/mol. The molecule has 0 aliphatic carbocycles. The van der Waals surface area contributed by atoms with Crippen molar-refractivity contribution < 1.29 is 14.4 Å². The second kappa shape index (κ2) is 7.68. The Labute approximate surface area is 152 Å². The molecule has 4 nitrogen and oxygen atoms in total. The SMILES string of the molecule is COc1ccc(/C=C2\SC(=S)N(C[NH+]3CCCC[C@H]3C)C2=O)cc1. The quantitative estimate of drug-likeness (QED) is 0.658. The van der Waals surface area contributed by atoms with Crippen molar-refractivity contribution in [3.05, 3.63) is 34.7 Å². The highest BCUT2D eigenvalue weighted by molar-refractivity contribution is 8.26. The smallest absolute Gasteiger partial charge is 0.270 e. The zero-order valence-electron chi connectivity index (χ0n) is 14.1. The predicted molar refractivity (Wildman–Crippen MR) is 102 cm³/mol. The normalized spacial score (nSPS) is 26.2. The number of rotatable bonds is 4. The number of likely N-dealkylation sites (tertiary alicyclic amines) is 1. The van der Waals surface area contributed by atoms with Crippen LogP contribution in [-0.2, 0) is 4.79 Å². The van der Waals surface area contributed by atoms with Crippen LogP contribution >= 0.6 is 24.0 Å². The van der Waals surface area contributed by atoms with Gasteiger partial charge in [0.05, 0.1) is 24.6 Å². The van der Waals surface area contributed by atoms with Gasteiger partial charge in [0.25, 0.3) is 5.91 Å². The molecule has 0 saturated carbocycles. The van der Waals surface area contributed by atoms with Crippen molar-refractivity contribution in [3.8, 4) is 5.75 Å². The first-order valence-corrected chi connectivity index (χ1v) is 9.55. The van der Waals surface area contributed by atoms with Crippen LogP contribution in [0, 0.1) is 0 Å². The first-order valence-electron chi connectivity index (χ1n) is 8.32. The van der Waals surface area contributed by atoms with Crippen molar-refractivity contribution in [2.45, 2.75) is 32.2 Å². The van der Waals surface area contributed by atoms with E-state index in [4.69, 9.17) is 17.0 Å². The van der Waals surface area contributed by atoms with Gasteiger partial charge >= 0.3 is 0 Å². The van der Waals surface area contributed by atoms with E-state index in [9.17, 15) is 4.79 Å². The fourth-order valence-electron chi connectivity index (χ4n) is 3.18. The Hall–Kier alpha value is -1.37. The Bertz CT molecular complexity index is 657. The van der Waals surface area contributed by atoms with Crippen LogP contribution in [0.4, 0.5) is 0 Å². The number of amides is 1. The van der Waals surface area contributed by atoms with Gasteiger partial charge in [0.1, 0.15) is 5.75 Å². The summed E-state index contributed by atoms with van der Waals surface area (Å²) in [5.74, 6) is 0.841. The van der Waals surface area contributed by atoms with Crippen molar-refractivity contribution in [1.82, 2.24) is 4.90 Å². The van der Waals surface area contributed by atoms with Gasteiger partial charge in [-0.2, -0.15) is 0 Å². The van der Waals surface area contributed by atoms with E-state index in [-0.39, 0.29) is 5.91 Å². The number of thiocarbonyl (C=S) groups is 1. The minimum Gasteiger partial charge on any atom is -0.497 e. The summed E-state index contributed by atoms with van der Waals surface area (Å²) >= 11 is 6.85. The molecule has 1 aromatic carbocycles. The Balaban J connectivity index is 1.71. The molecule has 3 rings (SSSR count). The maximum absolute atomic E-state index is 12.7. The molecule has 128 valence electrons. The first kappa shape index (κ1) is 17.5. The van der Waals surface area contributed by atoms with E-state index in [0.717, 1.165) is 17.9 Å². The summed E-state index contributed by atoms with van der Waals surface area (Å²) in [6, 6.07) is 8.28. The molecule has 6 heteroatoms. The third-order valence-electron chi connectivity index (χ3n) is 4.73. The number of ether oxygens (including phenoxy) is 1. The largest absolute Gasteiger partial charge is 0.497 e. The van der Waals surface area contributed by atoms with Crippen LogP contribution in [-0.4, -0.2) is 41.5 Å². The number of nitrogens with zero attached hydrogens (tertiary/aromatic N) is 1. The highest BCUT2D eigenvalue weighted by Crippen LogP contribution is 2.32. The number of hydrogen-bond donors (Lipinski definition) is 1. The van der Waals surface area contributed by atoms with E-state index in [1.807, 2.05) is 30.3 Å². The summed E-state index contributed by atoms with van der Waals surface area (Å²) < 4.78 is 5.84. The Morgan fingerprint density at radius 2 is 2.12 bits per heavy atom. The molecule has 0 spiro atoms. The lowest BCUT2D eigenvalue weighted by atomic mass is 10.0. The monoisotopic (exact) mass is 363 g/mol. The maximum atomic E-state index is 12.7. The van der Waals surface area contributed by atoms with Crippen LogP contribution in [0.2, 0.25) is 0 Å². The van der Waals surface area contributed by atoms with Crippen molar-refractivity contribution in [2.24, 2.45) is 0 Å². The molecule has 24 heavy (non-hydrogen) atoms. The van der Waals surface area contributed by atoms with Gasteiger partial charge in [-0.05, 0) is 50.0 Å². The summed E-state index contributed by atoms with van der Waals surface area (Å²) in [6.07, 6.45) is 5.66. The minimum absolute atomic E-state index is 0.0334. The van der Waals surface area contributed by atoms with Crippen LogP contribution in [0.15, 0.2) is 29.2 Å². The van der Waals surface area contributed by atoms with Crippen LogP contribution in [0.3, 0.4) is 0 Å². The Morgan fingerprint density at radius 1 is 1.38 bits per heavy atom. The topological polar surface area (TPSA) is 34.0 Å². The third-order valence-corrected chi connectivity index (χ3v) is 6.11. The third kappa shape index (κ3) is 3.82. The molecular formula is C18H23N2O2S2+. The van der Waals surface area contributed by atoms with Gasteiger partial charge < -0.3 is 9.64 Å². The van der Waals surface area contributed by atoms with E-state index in [1.54, 1.807) is 12.0 Å². The van der Waals surface area contributed by atoms with Gasteiger partial charge in [0.2, 0.25) is 0 Å². The highest BCUT2D eigenvalue weighted by Gasteiger charge is 2.36. The standard InChI is InChI=1S/C18H22N2O2S2/c1-13-5-3-4-10-19(13)12-20-17(21)16(24-18(20)23)11-14-6-8-15(22-2)9-7-14/h6-9,11,13H,3-5,10,12H2,1-2H3/p+1/b16-11-/t13-/m1/s1. The lowest BCUT2D eigenvalue weighted by molar-refractivity contribution is -0.935. The van der Waals surface area contributed by atoms with Crippen molar-refractivity contribution >= 4 is 40.3 Å². The van der Waals surface area contributed by atoms with E-state index in [2.05, 4.69) is 6.92 Å². The van der Waals surface area contributed by atoms with E-state index in [0.29, 0.717) is 21.9 Å².